The molecule has 3 heteroatoms. The number of aryl methyl sites for hydroxylation is 1. The van der Waals surface area contributed by atoms with Crippen LogP contribution in [0.4, 0.5) is 0 Å². The number of fused-ring (bicyclic) bond motifs is 1. The van der Waals surface area contributed by atoms with Crippen molar-refractivity contribution in [3.8, 4) is 5.75 Å². The monoisotopic (exact) mass is 283 g/mol. The molecule has 2 aromatic rings. The van der Waals surface area contributed by atoms with Crippen LogP contribution in [0.3, 0.4) is 0 Å². The lowest BCUT2D eigenvalue weighted by atomic mass is 9.81. The van der Waals surface area contributed by atoms with Crippen molar-refractivity contribution in [3.05, 3.63) is 59.4 Å². The molecule has 1 N–H and O–H groups in total. The second kappa shape index (κ2) is 6.27. The van der Waals surface area contributed by atoms with Gasteiger partial charge in [0.1, 0.15) is 5.75 Å². The molecule has 0 radical (unpaired) electrons. The Morgan fingerprint density at radius 1 is 1.33 bits per heavy atom. The van der Waals surface area contributed by atoms with Crippen LogP contribution in [0, 0.1) is 0 Å². The highest BCUT2D eigenvalue weighted by molar-refractivity contribution is 5.34. The summed E-state index contributed by atoms with van der Waals surface area (Å²) in [5.74, 6) is 0.887. The summed E-state index contributed by atoms with van der Waals surface area (Å²) >= 11 is 0. The van der Waals surface area contributed by atoms with Crippen molar-refractivity contribution in [2.75, 3.05) is 6.61 Å². The molecule has 0 bridgehead atoms. The lowest BCUT2D eigenvalue weighted by molar-refractivity contribution is 0.133. The summed E-state index contributed by atoms with van der Waals surface area (Å²) in [5.41, 5.74) is 3.23. The molecule has 1 aromatic carbocycles. The average Bonchev–Trinajstić information content (AvgIpc) is 2.54. The standard InChI is InChI=1S/C18H21NO2/c1-2-21-15-9-3-7-14(12-15)18(20)16-10-4-6-13-8-5-11-19-17(13)16/h3,5,7-9,11-12,16,18,20H,2,4,6,10H2,1H3. The van der Waals surface area contributed by atoms with E-state index in [2.05, 4.69) is 11.1 Å². The maximum Gasteiger partial charge on any atom is 0.119 e. The first-order valence-corrected chi connectivity index (χ1v) is 7.64. The largest absolute Gasteiger partial charge is 0.494 e. The highest BCUT2D eigenvalue weighted by atomic mass is 16.5. The van der Waals surface area contributed by atoms with Crippen molar-refractivity contribution >= 4 is 0 Å². The zero-order valence-corrected chi connectivity index (χ0v) is 12.3. The van der Waals surface area contributed by atoms with E-state index >= 15 is 0 Å². The average molecular weight is 283 g/mol. The van der Waals surface area contributed by atoms with Crippen molar-refractivity contribution < 1.29 is 9.84 Å². The Morgan fingerprint density at radius 3 is 3.10 bits per heavy atom. The van der Waals surface area contributed by atoms with Crippen LogP contribution in [0.15, 0.2) is 42.6 Å². The number of pyridine rings is 1. The zero-order valence-electron chi connectivity index (χ0n) is 12.3. The van der Waals surface area contributed by atoms with Crippen LogP contribution in [0.2, 0.25) is 0 Å². The molecule has 110 valence electrons. The van der Waals surface area contributed by atoms with Gasteiger partial charge in [0.05, 0.1) is 12.7 Å². The normalized spacial score (nSPS) is 18.9. The van der Waals surface area contributed by atoms with E-state index in [-0.39, 0.29) is 5.92 Å². The molecule has 1 aliphatic carbocycles. The van der Waals surface area contributed by atoms with Crippen LogP contribution in [0.1, 0.15) is 48.6 Å². The quantitative estimate of drug-likeness (QED) is 0.931. The van der Waals surface area contributed by atoms with E-state index in [0.29, 0.717) is 6.61 Å². The van der Waals surface area contributed by atoms with Crippen molar-refractivity contribution in [2.24, 2.45) is 0 Å². The van der Waals surface area contributed by atoms with Crippen LogP contribution in [0.5, 0.6) is 5.75 Å². The summed E-state index contributed by atoms with van der Waals surface area (Å²) < 4.78 is 5.53. The molecule has 0 fully saturated rings. The van der Waals surface area contributed by atoms with E-state index in [1.54, 1.807) is 0 Å². The second-order valence-electron chi connectivity index (χ2n) is 5.50. The number of hydrogen-bond donors (Lipinski definition) is 1. The molecule has 21 heavy (non-hydrogen) atoms. The van der Waals surface area contributed by atoms with Gasteiger partial charge in [-0.05, 0) is 55.5 Å². The summed E-state index contributed by atoms with van der Waals surface area (Å²) in [7, 11) is 0. The zero-order chi connectivity index (χ0) is 14.7. The Morgan fingerprint density at radius 2 is 2.24 bits per heavy atom. The van der Waals surface area contributed by atoms with E-state index in [1.165, 1.54) is 5.56 Å². The van der Waals surface area contributed by atoms with Gasteiger partial charge in [0.15, 0.2) is 0 Å². The topological polar surface area (TPSA) is 42.4 Å². The molecule has 0 aliphatic heterocycles. The Balaban J connectivity index is 1.89. The van der Waals surface area contributed by atoms with Crippen LogP contribution in [-0.2, 0) is 6.42 Å². The maximum atomic E-state index is 10.8. The number of aliphatic hydroxyl groups excluding tert-OH is 1. The fourth-order valence-corrected chi connectivity index (χ4v) is 3.14. The molecule has 1 aromatic heterocycles. The van der Waals surface area contributed by atoms with Crippen molar-refractivity contribution in [3.63, 3.8) is 0 Å². The lowest BCUT2D eigenvalue weighted by Crippen LogP contribution is -2.18. The fourth-order valence-electron chi connectivity index (χ4n) is 3.14. The lowest BCUT2D eigenvalue weighted by Gasteiger charge is -2.28. The van der Waals surface area contributed by atoms with Gasteiger partial charge in [-0.3, -0.25) is 4.98 Å². The Bertz CT molecular complexity index is 612. The van der Waals surface area contributed by atoms with Gasteiger partial charge in [-0.15, -0.1) is 0 Å². The first-order chi connectivity index (χ1) is 10.3. The van der Waals surface area contributed by atoms with E-state index in [0.717, 1.165) is 36.3 Å². The molecule has 3 nitrogen and oxygen atoms in total. The van der Waals surface area contributed by atoms with Gasteiger partial charge in [0.25, 0.3) is 0 Å². The summed E-state index contributed by atoms with van der Waals surface area (Å²) in [6, 6.07) is 11.9. The molecule has 2 unspecified atom stereocenters. The molecule has 1 aliphatic rings. The number of rotatable bonds is 4. The number of aliphatic hydroxyl groups is 1. The number of hydrogen-bond acceptors (Lipinski definition) is 3. The molecule has 0 saturated heterocycles. The molecule has 0 spiro atoms. The molecule has 0 saturated carbocycles. The number of aromatic nitrogens is 1. The molecular weight excluding hydrogens is 262 g/mol. The number of ether oxygens (including phenoxy) is 1. The SMILES string of the molecule is CCOc1cccc(C(O)C2CCCc3cccnc32)c1. The van der Waals surface area contributed by atoms with Gasteiger partial charge in [0, 0.05) is 17.8 Å². The van der Waals surface area contributed by atoms with E-state index in [4.69, 9.17) is 4.74 Å². The Labute approximate surface area is 125 Å². The minimum Gasteiger partial charge on any atom is -0.494 e. The third-order valence-corrected chi connectivity index (χ3v) is 4.13. The van der Waals surface area contributed by atoms with Crippen molar-refractivity contribution in [2.45, 2.75) is 38.2 Å². The van der Waals surface area contributed by atoms with Gasteiger partial charge in [-0.25, -0.2) is 0 Å². The summed E-state index contributed by atoms with van der Waals surface area (Å²) in [6.45, 7) is 2.60. The van der Waals surface area contributed by atoms with Crippen molar-refractivity contribution in [1.29, 1.82) is 0 Å². The Hall–Kier alpha value is -1.87. The van der Waals surface area contributed by atoms with Gasteiger partial charge in [0.2, 0.25) is 0 Å². The van der Waals surface area contributed by atoms with Gasteiger partial charge in [-0.2, -0.15) is 0 Å². The minimum absolute atomic E-state index is 0.0758. The molecule has 3 rings (SSSR count). The first-order valence-electron chi connectivity index (χ1n) is 7.64. The third kappa shape index (κ3) is 2.93. The molecule has 1 heterocycles. The highest BCUT2D eigenvalue weighted by Crippen LogP contribution is 2.39. The Kier molecular flexibility index (Phi) is 4.20. The van der Waals surface area contributed by atoms with E-state index in [1.807, 2.05) is 43.5 Å². The minimum atomic E-state index is -0.528. The predicted octanol–water partition coefficient (Wildman–Crippen LogP) is 3.63. The smallest absolute Gasteiger partial charge is 0.119 e. The third-order valence-electron chi connectivity index (χ3n) is 4.13. The highest BCUT2D eigenvalue weighted by Gasteiger charge is 2.28. The van der Waals surface area contributed by atoms with Crippen LogP contribution < -0.4 is 4.74 Å². The summed E-state index contributed by atoms with van der Waals surface area (Å²) in [5, 5.41) is 10.8. The van der Waals surface area contributed by atoms with E-state index in [9.17, 15) is 5.11 Å². The van der Waals surface area contributed by atoms with Gasteiger partial charge >= 0.3 is 0 Å². The van der Waals surface area contributed by atoms with Gasteiger partial charge < -0.3 is 9.84 Å². The number of nitrogens with zero attached hydrogens (tertiary/aromatic N) is 1. The predicted molar refractivity (Wildman–Crippen MR) is 82.5 cm³/mol. The molecule has 2 atom stereocenters. The molecular formula is C18H21NO2. The van der Waals surface area contributed by atoms with Crippen LogP contribution in [0.25, 0.3) is 0 Å². The molecule has 0 amide bonds. The number of benzene rings is 1. The van der Waals surface area contributed by atoms with Crippen LogP contribution in [-0.4, -0.2) is 16.7 Å². The first kappa shape index (κ1) is 14.1. The summed E-state index contributed by atoms with van der Waals surface area (Å²) in [6.07, 6.45) is 4.43. The second-order valence-corrected chi connectivity index (χ2v) is 5.50. The maximum absolute atomic E-state index is 10.8. The van der Waals surface area contributed by atoms with Crippen LogP contribution >= 0.6 is 0 Å². The summed E-state index contributed by atoms with van der Waals surface area (Å²) in [4.78, 5) is 4.51. The van der Waals surface area contributed by atoms with Gasteiger partial charge in [-0.1, -0.05) is 18.2 Å². The fraction of sp³-hybridized carbons (Fsp3) is 0.389. The van der Waals surface area contributed by atoms with Crippen molar-refractivity contribution in [1.82, 2.24) is 4.98 Å². The van der Waals surface area contributed by atoms with E-state index < -0.39 is 6.10 Å².